The molecule has 1 aromatic rings. The highest BCUT2D eigenvalue weighted by Gasteiger charge is 2.49. The van der Waals surface area contributed by atoms with Crippen molar-refractivity contribution in [1.82, 2.24) is 9.36 Å². The van der Waals surface area contributed by atoms with Crippen molar-refractivity contribution in [2.24, 2.45) is 23.7 Å². The highest BCUT2D eigenvalue weighted by atomic mass is 32.1. The van der Waals surface area contributed by atoms with Gasteiger partial charge in [-0.15, -0.1) is 0 Å². The van der Waals surface area contributed by atoms with Crippen LogP contribution in [0, 0.1) is 35.0 Å². The first-order valence-corrected chi connectivity index (χ1v) is 7.80. The minimum Gasteiger partial charge on any atom is -0.223 e. The molecule has 4 bridgehead atoms. The molecule has 0 unspecified atom stereocenters. The van der Waals surface area contributed by atoms with Gasteiger partial charge in [0.1, 0.15) is 10.8 Å². The Kier molecular flexibility index (Phi) is 2.44. The second-order valence-corrected chi connectivity index (χ2v) is 7.17. The first-order chi connectivity index (χ1) is 8.83. The van der Waals surface area contributed by atoms with Crippen molar-refractivity contribution in [3.8, 4) is 6.07 Å². The van der Waals surface area contributed by atoms with Gasteiger partial charge in [-0.25, -0.2) is 4.98 Å². The molecule has 4 aliphatic carbocycles. The smallest absolute Gasteiger partial charge is 0.146 e. The Bertz CT molecular complexity index is 473. The van der Waals surface area contributed by atoms with Crippen LogP contribution >= 0.6 is 11.5 Å². The van der Waals surface area contributed by atoms with E-state index in [1.165, 1.54) is 43.6 Å². The van der Waals surface area contributed by atoms with E-state index in [4.69, 9.17) is 5.26 Å². The fourth-order valence-electron chi connectivity index (χ4n) is 4.89. The Morgan fingerprint density at radius 2 is 1.78 bits per heavy atom. The van der Waals surface area contributed by atoms with Crippen LogP contribution < -0.4 is 0 Å². The standard InChI is InChI=1S/C14H17N3S/c15-2-1-12-16-14(17-18-12)13-10-4-8-3-9(6-10)7-11(13)5-8/h8-11,13H,1,3-7H2. The Hall–Kier alpha value is -0.950. The maximum Gasteiger partial charge on any atom is 0.146 e. The molecule has 0 N–H and O–H groups in total. The molecule has 0 amide bonds. The summed E-state index contributed by atoms with van der Waals surface area (Å²) in [4.78, 5) is 4.63. The van der Waals surface area contributed by atoms with E-state index >= 15 is 0 Å². The largest absolute Gasteiger partial charge is 0.223 e. The molecule has 0 spiro atoms. The number of nitriles is 1. The van der Waals surface area contributed by atoms with E-state index in [2.05, 4.69) is 15.4 Å². The van der Waals surface area contributed by atoms with Crippen LogP contribution in [0.25, 0.3) is 0 Å². The quantitative estimate of drug-likeness (QED) is 0.819. The van der Waals surface area contributed by atoms with Gasteiger partial charge >= 0.3 is 0 Å². The lowest BCUT2D eigenvalue weighted by Gasteiger charge is -2.53. The SMILES string of the molecule is N#CCc1nc(C2C3CC4CC(C3)CC2C4)ns1. The van der Waals surface area contributed by atoms with Gasteiger partial charge in [-0.1, -0.05) is 0 Å². The number of hydrogen-bond donors (Lipinski definition) is 0. The summed E-state index contributed by atoms with van der Waals surface area (Å²) in [5.41, 5.74) is 0. The molecule has 4 fully saturated rings. The number of aromatic nitrogens is 2. The van der Waals surface area contributed by atoms with E-state index in [-0.39, 0.29) is 0 Å². The van der Waals surface area contributed by atoms with Crippen molar-refractivity contribution in [3.63, 3.8) is 0 Å². The second-order valence-electron chi connectivity index (χ2n) is 6.34. The van der Waals surface area contributed by atoms with E-state index in [1.54, 1.807) is 0 Å². The van der Waals surface area contributed by atoms with Crippen LogP contribution in [0.4, 0.5) is 0 Å². The summed E-state index contributed by atoms with van der Waals surface area (Å²) in [5.74, 6) is 5.36. The van der Waals surface area contributed by atoms with E-state index < -0.39 is 0 Å². The van der Waals surface area contributed by atoms with Gasteiger partial charge in [0.2, 0.25) is 0 Å². The molecule has 3 nitrogen and oxygen atoms in total. The van der Waals surface area contributed by atoms with Gasteiger partial charge in [-0.05, 0) is 67.3 Å². The summed E-state index contributed by atoms with van der Waals surface area (Å²) >= 11 is 1.43. The predicted molar refractivity (Wildman–Crippen MR) is 69.0 cm³/mol. The van der Waals surface area contributed by atoms with Gasteiger partial charge in [0, 0.05) is 5.92 Å². The van der Waals surface area contributed by atoms with Crippen LogP contribution in [-0.2, 0) is 6.42 Å². The lowest BCUT2D eigenvalue weighted by atomic mass is 9.52. The Morgan fingerprint density at radius 3 is 2.39 bits per heavy atom. The lowest BCUT2D eigenvalue weighted by Crippen LogP contribution is -2.44. The molecule has 94 valence electrons. The maximum atomic E-state index is 8.73. The molecule has 18 heavy (non-hydrogen) atoms. The van der Waals surface area contributed by atoms with Crippen molar-refractivity contribution in [2.45, 2.75) is 44.4 Å². The molecule has 4 saturated carbocycles. The number of hydrogen-bond acceptors (Lipinski definition) is 4. The normalized spacial score (nSPS) is 40.9. The first kappa shape index (κ1) is 10.9. The van der Waals surface area contributed by atoms with E-state index in [0.29, 0.717) is 12.3 Å². The molecule has 0 saturated heterocycles. The van der Waals surface area contributed by atoms with Crippen molar-refractivity contribution < 1.29 is 0 Å². The topological polar surface area (TPSA) is 49.6 Å². The number of rotatable bonds is 2. The summed E-state index contributed by atoms with van der Waals surface area (Å²) in [5, 5.41) is 9.63. The van der Waals surface area contributed by atoms with E-state index in [0.717, 1.165) is 34.5 Å². The number of nitrogens with zero attached hydrogens (tertiary/aromatic N) is 3. The molecule has 0 aliphatic heterocycles. The predicted octanol–water partition coefficient (Wildman–Crippen LogP) is 3.14. The molecule has 5 rings (SSSR count). The van der Waals surface area contributed by atoms with Crippen LogP contribution in [0.15, 0.2) is 0 Å². The van der Waals surface area contributed by atoms with Gasteiger partial charge in [-0.3, -0.25) is 0 Å². The van der Waals surface area contributed by atoms with Gasteiger partial charge in [0.15, 0.2) is 0 Å². The van der Waals surface area contributed by atoms with Crippen LogP contribution in [0.1, 0.15) is 48.9 Å². The minimum atomic E-state index is 0.422. The molecule has 0 aromatic carbocycles. The van der Waals surface area contributed by atoms with Crippen molar-refractivity contribution in [3.05, 3.63) is 10.8 Å². The third-order valence-corrected chi connectivity index (χ3v) is 5.96. The highest BCUT2D eigenvalue weighted by molar-refractivity contribution is 7.05. The van der Waals surface area contributed by atoms with Crippen molar-refractivity contribution in [2.75, 3.05) is 0 Å². The van der Waals surface area contributed by atoms with Gasteiger partial charge in [-0.2, -0.15) is 9.64 Å². The zero-order chi connectivity index (χ0) is 12.1. The van der Waals surface area contributed by atoms with Crippen LogP contribution in [0.2, 0.25) is 0 Å². The maximum absolute atomic E-state index is 8.73. The fraction of sp³-hybridized carbons (Fsp3) is 0.786. The second kappa shape index (κ2) is 4.03. The molecular formula is C14H17N3S. The zero-order valence-electron chi connectivity index (χ0n) is 10.4. The summed E-state index contributed by atoms with van der Waals surface area (Å²) in [6.07, 6.45) is 7.54. The summed E-state index contributed by atoms with van der Waals surface area (Å²) in [6, 6.07) is 2.17. The molecule has 1 aromatic heterocycles. The highest BCUT2D eigenvalue weighted by Crippen LogP contribution is 2.59. The molecule has 0 radical (unpaired) electrons. The average Bonchev–Trinajstić information content (AvgIpc) is 2.76. The van der Waals surface area contributed by atoms with Crippen molar-refractivity contribution >= 4 is 11.5 Å². The van der Waals surface area contributed by atoms with Gasteiger partial charge < -0.3 is 0 Å². The Labute approximate surface area is 111 Å². The molecule has 4 aliphatic rings. The molecule has 1 heterocycles. The lowest BCUT2D eigenvalue weighted by molar-refractivity contribution is -0.00529. The van der Waals surface area contributed by atoms with Gasteiger partial charge in [0.25, 0.3) is 0 Å². The summed E-state index contributed by atoms with van der Waals surface area (Å²) < 4.78 is 4.56. The monoisotopic (exact) mass is 259 g/mol. The summed E-state index contributed by atoms with van der Waals surface area (Å²) in [7, 11) is 0. The van der Waals surface area contributed by atoms with Crippen LogP contribution in [0.3, 0.4) is 0 Å². The van der Waals surface area contributed by atoms with Crippen LogP contribution in [-0.4, -0.2) is 9.36 Å². The van der Waals surface area contributed by atoms with E-state index in [1.807, 2.05) is 0 Å². The zero-order valence-corrected chi connectivity index (χ0v) is 11.2. The van der Waals surface area contributed by atoms with E-state index in [9.17, 15) is 0 Å². The minimum absolute atomic E-state index is 0.422. The fourth-order valence-corrected chi connectivity index (χ4v) is 5.51. The Morgan fingerprint density at radius 1 is 1.11 bits per heavy atom. The average molecular weight is 259 g/mol. The third-order valence-electron chi connectivity index (χ3n) is 5.24. The van der Waals surface area contributed by atoms with Crippen molar-refractivity contribution in [1.29, 1.82) is 5.26 Å². The van der Waals surface area contributed by atoms with Crippen LogP contribution in [0.5, 0.6) is 0 Å². The molecule has 0 atom stereocenters. The third kappa shape index (κ3) is 1.60. The Balaban J connectivity index is 1.62. The first-order valence-electron chi connectivity index (χ1n) is 7.03. The summed E-state index contributed by atoms with van der Waals surface area (Å²) in [6.45, 7) is 0. The molecular weight excluding hydrogens is 242 g/mol. The van der Waals surface area contributed by atoms with Gasteiger partial charge in [0.05, 0.1) is 12.5 Å². The molecule has 4 heteroatoms.